The highest BCUT2D eigenvalue weighted by Crippen LogP contribution is 2.36. The Labute approximate surface area is 120 Å². The van der Waals surface area contributed by atoms with E-state index in [-0.39, 0.29) is 5.41 Å². The summed E-state index contributed by atoms with van der Waals surface area (Å²) < 4.78 is 6.02. The third-order valence-corrected chi connectivity index (χ3v) is 6.03. The van der Waals surface area contributed by atoms with Crippen molar-refractivity contribution in [3.63, 3.8) is 0 Å². The van der Waals surface area contributed by atoms with Gasteiger partial charge in [-0.05, 0) is 30.4 Å². The van der Waals surface area contributed by atoms with Gasteiger partial charge in [0, 0.05) is 17.1 Å². The average Bonchev–Trinajstić information content (AvgIpc) is 2.70. The van der Waals surface area contributed by atoms with Crippen LogP contribution in [0.25, 0.3) is 0 Å². The Balaban J connectivity index is 2.05. The topological polar surface area (TPSA) is 9.23 Å². The van der Waals surface area contributed by atoms with Crippen LogP contribution in [0.1, 0.15) is 24.5 Å². The zero-order valence-corrected chi connectivity index (χ0v) is 13.5. The highest BCUT2D eigenvalue weighted by molar-refractivity contribution is 9.09. The Hall–Kier alpha value is -0.0200. The zero-order valence-electron chi connectivity index (χ0n) is 10.3. The lowest BCUT2D eigenvalue weighted by Gasteiger charge is -2.27. The molecule has 1 nitrogen and oxygen atoms in total. The molecule has 94 valence electrons. The quantitative estimate of drug-likeness (QED) is 0.718. The van der Waals surface area contributed by atoms with Crippen LogP contribution in [-0.4, -0.2) is 16.8 Å². The van der Waals surface area contributed by atoms with E-state index in [1.165, 1.54) is 11.1 Å². The highest BCUT2D eigenvalue weighted by Gasteiger charge is 2.31. The van der Waals surface area contributed by atoms with Gasteiger partial charge in [-0.1, -0.05) is 56.5 Å². The molecular formula is C14H18Br2O. The number of halogens is 2. The molecule has 3 heteroatoms. The van der Waals surface area contributed by atoms with E-state index in [1.807, 2.05) is 0 Å². The number of alkyl halides is 2. The van der Waals surface area contributed by atoms with E-state index in [1.54, 1.807) is 0 Å². The lowest BCUT2D eigenvalue weighted by atomic mass is 9.87. The van der Waals surface area contributed by atoms with Gasteiger partial charge in [-0.25, -0.2) is 0 Å². The van der Waals surface area contributed by atoms with Crippen LogP contribution in [0, 0.1) is 12.3 Å². The maximum absolute atomic E-state index is 6.02. The van der Waals surface area contributed by atoms with Crippen molar-refractivity contribution >= 4 is 31.9 Å². The number of hydrogen-bond donors (Lipinski definition) is 0. The predicted octanol–water partition coefficient (Wildman–Crippen LogP) is 4.48. The van der Waals surface area contributed by atoms with Crippen LogP contribution in [0.15, 0.2) is 18.2 Å². The van der Waals surface area contributed by atoms with Crippen LogP contribution in [0.5, 0.6) is 5.75 Å². The molecule has 0 spiro atoms. The largest absolute Gasteiger partial charge is 0.490 e. The van der Waals surface area contributed by atoms with Crippen LogP contribution >= 0.6 is 31.9 Å². The molecular weight excluding hydrogens is 344 g/mol. The minimum absolute atomic E-state index is 0.266. The minimum Gasteiger partial charge on any atom is -0.490 e. The third kappa shape index (κ3) is 3.05. The summed E-state index contributed by atoms with van der Waals surface area (Å²) in [7, 11) is 0. The fourth-order valence-corrected chi connectivity index (χ4v) is 3.64. The summed E-state index contributed by atoms with van der Waals surface area (Å²) in [6.45, 7) is 4.42. The van der Waals surface area contributed by atoms with Crippen LogP contribution in [0.2, 0.25) is 0 Å². The van der Waals surface area contributed by atoms with Gasteiger partial charge in [0.2, 0.25) is 0 Å². The lowest BCUT2D eigenvalue weighted by molar-refractivity contribution is 0.172. The van der Waals surface area contributed by atoms with Crippen molar-refractivity contribution in [3.05, 3.63) is 29.3 Å². The summed E-state index contributed by atoms with van der Waals surface area (Å²) >= 11 is 7.20. The molecule has 0 aromatic heterocycles. The zero-order chi connectivity index (χ0) is 12.5. The van der Waals surface area contributed by atoms with Gasteiger partial charge in [0.15, 0.2) is 0 Å². The van der Waals surface area contributed by atoms with Gasteiger partial charge in [0.1, 0.15) is 11.9 Å². The van der Waals surface area contributed by atoms with Crippen LogP contribution in [-0.2, 0) is 6.42 Å². The van der Waals surface area contributed by atoms with Crippen molar-refractivity contribution in [3.8, 4) is 5.75 Å². The maximum atomic E-state index is 6.02. The lowest BCUT2D eigenvalue weighted by Crippen LogP contribution is -2.29. The Morgan fingerprint density at radius 1 is 1.35 bits per heavy atom. The molecule has 0 bridgehead atoms. The average molecular weight is 362 g/mol. The summed E-state index contributed by atoms with van der Waals surface area (Å²) in [5, 5.41) is 2.00. The van der Waals surface area contributed by atoms with Crippen molar-refractivity contribution < 1.29 is 4.74 Å². The van der Waals surface area contributed by atoms with E-state index < -0.39 is 0 Å². The molecule has 0 aliphatic carbocycles. The molecule has 0 saturated heterocycles. The van der Waals surface area contributed by atoms with Crippen molar-refractivity contribution in [2.75, 3.05) is 10.7 Å². The first kappa shape index (κ1) is 13.4. The Morgan fingerprint density at radius 3 is 2.71 bits per heavy atom. The molecule has 0 radical (unpaired) electrons. The van der Waals surface area contributed by atoms with Gasteiger partial charge in [-0.15, -0.1) is 0 Å². The second kappa shape index (κ2) is 5.31. The normalized spacial score (nSPS) is 18.9. The second-order valence-electron chi connectivity index (χ2n) is 5.34. The number of rotatable bonds is 4. The molecule has 1 heterocycles. The van der Waals surface area contributed by atoms with Gasteiger partial charge in [0.25, 0.3) is 0 Å². The monoisotopic (exact) mass is 360 g/mol. The third-order valence-electron chi connectivity index (χ3n) is 3.32. The molecule has 0 saturated carbocycles. The van der Waals surface area contributed by atoms with Gasteiger partial charge in [-0.3, -0.25) is 0 Å². The van der Waals surface area contributed by atoms with Gasteiger partial charge < -0.3 is 4.74 Å². The first-order chi connectivity index (χ1) is 8.06. The SMILES string of the molecule is Cc1ccc2c(c1)CC(CC(C)(CBr)CBr)O2. The molecule has 0 amide bonds. The van der Waals surface area contributed by atoms with E-state index >= 15 is 0 Å². The molecule has 1 aromatic rings. The van der Waals surface area contributed by atoms with E-state index in [9.17, 15) is 0 Å². The first-order valence-electron chi connectivity index (χ1n) is 5.94. The van der Waals surface area contributed by atoms with Gasteiger partial charge in [-0.2, -0.15) is 0 Å². The molecule has 1 aromatic carbocycles. The van der Waals surface area contributed by atoms with Crippen molar-refractivity contribution in [2.24, 2.45) is 5.41 Å². The summed E-state index contributed by atoms with van der Waals surface area (Å²) in [6.07, 6.45) is 2.45. The van der Waals surface area contributed by atoms with Crippen LogP contribution < -0.4 is 4.74 Å². The Bertz CT molecular complexity index is 399. The molecule has 2 rings (SSSR count). The summed E-state index contributed by atoms with van der Waals surface area (Å²) in [4.78, 5) is 0. The molecule has 1 unspecified atom stereocenters. The smallest absolute Gasteiger partial charge is 0.123 e. The minimum atomic E-state index is 0.266. The van der Waals surface area contributed by atoms with Gasteiger partial charge >= 0.3 is 0 Å². The van der Waals surface area contributed by atoms with E-state index in [0.717, 1.165) is 29.3 Å². The number of aryl methyl sites for hydroxylation is 1. The molecule has 0 N–H and O–H groups in total. The van der Waals surface area contributed by atoms with E-state index in [4.69, 9.17) is 4.74 Å². The fourth-order valence-electron chi connectivity index (χ4n) is 2.26. The molecule has 1 atom stereocenters. The predicted molar refractivity (Wildman–Crippen MR) is 79.6 cm³/mol. The summed E-state index contributed by atoms with van der Waals surface area (Å²) in [5.41, 5.74) is 2.94. The van der Waals surface area contributed by atoms with Crippen molar-refractivity contribution in [2.45, 2.75) is 32.8 Å². The second-order valence-corrected chi connectivity index (χ2v) is 6.46. The number of benzene rings is 1. The highest BCUT2D eigenvalue weighted by atomic mass is 79.9. The van der Waals surface area contributed by atoms with Crippen molar-refractivity contribution in [1.82, 2.24) is 0 Å². The fraction of sp³-hybridized carbons (Fsp3) is 0.571. The van der Waals surface area contributed by atoms with E-state index in [0.29, 0.717) is 6.10 Å². The molecule has 1 aliphatic rings. The Morgan fingerprint density at radius 2 is 2.06 bits per heavy atom. The number of ether oxygens (including phenoxy) is 1. The van der Waals surface area contributed by atoms with Gasteiger partial charge in [0.05, 0.1) is 0 Å². The van der Waals surface area contributed by atoms with E-state index in [2.05, 4.69) is 63.9 Å². The molecule has 17 heavy (non-hydrogen) atoms. The number of fused-ring (bicyclic) bond motifs is 1. The van der Waals surface area contributed by atoms with Crippen molar-refractivity contribution in [1.29, 1.82) is 0 Å². The summed E-state index contributed by atoms with van der Waals surface area (Å²) in [6, 6.07) is 6.47. The molecule has 1 aliphatic heterocycles. The first-order valence-corrected chi connectivity index (χ1v) is 8.19. The maximum Gasteiger partial charge on any atom is 0.123 e. The molecule has 0 fully saturated rings. The Kier molecular flexibility index (Phi) is 4.19. The van der Waals surface area contributed by atoms with Crippen LogP contribution in [0.3, 0.4) is 0 Å². The van der Waals surface area contributed by atoms with Crippen LogP contribution in [0.4, 0.5) is 0 Å². The standard InChI is InChI=1S/C14H18Br2O/c1-10-3-4-13-11(5-10)6-12(17-13)7-14(2,8-15)9-16/h3-5,12H,6-9H2,1-2H3. The number of hydrogen-bond acceptors (Lipinski definition) is 1. The summed E-state index contributed by atoms with van der Waals surface area (Å²) in [5.74, 6) is 1.08.